The molecule has 0 radical (unpaired) electrons. The Hall–Kier alpha value is -3.90. The fourth-order valence-electron chi connectivity index (χ4n) is 4.62. The second-order valence-corrected chi connectivity index (χ2v) is 9.25. The molecule has 1 fully saturated rings. The quantitative estimate of drug-likeness (QED) is 0.151. The number of ether oxygens (including phenoxy) is 2. The number of epoxide rings is 1. The van der Waals surface area contributed by atoms with E-state index in [9.17, 15) is 30.7 Å². The molecular formula is C29H25F7N2O3. The van der Waals surface area contributed by atoms with Crippen LogP contribution < -0.4 is 10.5 Å². The largest absolute Gasteiger partial charge is 0.494 e. The molecule has 2 atom stereocenters. The average molecular weight is 583 g/mol. The number of anilines is 1. The Morgan fingerprint density at radius 1 is 0.976 bits per heavy atom. The molecule has 1 aliphatic rings. The van der Waals surface area contributed by atoms with Crippen LogP contribution in [-0.2, 0) is 17.3 Å². The Balaban J connectivity index is 0.000000251. The number of benzene rings is 3. The Morgan fingerprint density at radius 3 is 2.27 bits per heavy atom. The van der Waals surface area contributed by atoms with Crippen molar-refractivity contribution in [2.24, 2.45) is 0 Å². The molecule has 3 N–H and O–H groups in total. The fraction of sp³-hybridized carbons (Fsp3) is 0.276. The molecule has 0 saturated carbocycles. The first-order valence-electron chi connectivity index (χ1n) is 12.3. The van der Waals surface area contributed by atoms with Crippen molar-refractivity contribution >= 4 is 16.6 Å². The summed E-state index contributed by atoms with van der Waals surface area (Å²) in [4.78, 5) is 4.36. The van der Waals surface area contributed by atoms with Crippen LogP contribution in [0.2, 0.25) is 0 Å². The molecule has 2 unspecified atom stereocenters. The van der Waals surface area contributed by atoms with Gasteiger partial charge in [-0.05, 0) is 48.4 Å². The predicted molar refractivity (Wildman–Crippen MR) is 138 cm³/mol. The van der Waals surface area contributed by atoms with Crippen LogP contribution in [0.4, 0.5) is 36.4 Å². The van der Waals surface area contributed by atoms with E-state index in [1.807, 2.05) is 0 Å². The first-order valence-corrected chi connectivity index (χ1v) is 12.3. The molecule has 218 valence electrons. The highest BCUT2D eigenvalue weighted by Crippen LogP contribution is 2.55. The third-order valence-electron chi connectivity index (χ3n) is 6.71. The highest BCUT2D eigenvalue weighted by molar-refractivity contribution is 5.90. The Bertz CT molecular complexity index is 1520. The lowest BCUT2D eigenvalue weighted by molar-refractivity contribution is -0.188. The average Bonchev–Trinajstić information content (AvgIpc) is 3.72. The zero-order chi connectivity index (χ0) is 30.0. The van der Waals surface area contributed by atoms with Crippen LogP contribution in [0, 0.1) is 5.82 Å². The standard InChI is InChI=1S/C20H16F4N2O2.C9H9F3O/c1-27-16-7-2-4-12(18(16)21)17(19(10-28-19)20(22,23)24)15-9-8-11-13(25)5-3-6-14(11)26-15;10-9(11,12)8-4-2-1-3-7(8)5-6-13/h2-9,17H,10,25H2,1H3;1-4,13H,5-6H2. The van der Waals surface area contributed by atoms with Crippen molar-refractivity contribution in [2.45, 2.75) is 30.3 Å². The summed E-state index contributed by atoms with van der Waals surface area (Å²) >= 11 is 0. The number of nitrogen functional groups attached to an aromatic ring is 1. The highest BCUT2D eigenvalue weighted by Gasteiger charge is 2.71. The molecule has 1 aliphatic heterocycles. The number of nitrogens with zero attached hydrogens (tertiary/aromatic N) is 1. The van der Waals surface area contributed by atoms with Crippen LogP contribution in [0.1, 0.15) is 28.3 Å². The number of nitrogens with two attached hydrogens (primary N) is 1. The second kappa shape index (κ2) is 11.5. The van der Waals surface area contributed by atoms with Gasteiger partial charge in [-0.25, -0.2) is 4.39 Å². The Labute approximate surface area is 230 Å². The number of hydrogen-bond donors (Lipinski definition) is 2. The van der Waals surface area contributed by atoms with E-state index >= 15 is 0 Å². The van der Waals surface area contributed by atoms with E-state index in [1.165, 1.54) is 49.6 Å². The number of rotatable bonds is 6. The van der Waals surface area contributed by atoms with E-state index in [4.69, 9.17) is 20.3 Å². The Morgan fingerprint density at radius 2 is 1.66 bits per heavy atom. The molecule has 1 saturated heterocycles. The van der Waals surface area contributed by atoms with E-state index in [2.05, 4.69) is 4.98 Å². The van der Waals surface area contributed by atoms with Gasteiger partial charge in [0.2, 0.25) is 0 Å². The van der Waals surface area contributed by atoms with Gasteiger partial charge in [0, 0.05) is 23.2 Å². The number of aromatic nitrogens is 1. The van der Waals surface area contributed by atoms with E-state index in [0.717, 1.165) is 6.07 Å². The maximum atomic E-state index is 14.9. The normalized spacial score (nSPS) is 17.5. The SMILES string of the molecule is COc1cccc(C(c2ccc3c(N)cccc3n2)C2(C(F)(F)F)CO2)c1F.OCCc1ccccc1C(F)(F)F. The molecule has 12 heteroatoms. The van der Waals surface area contributed by atoms with Crippen LogP contribution in [0.25, 0.3) is 10.9 Å². The summed E-state index contributed by atoms with van der Waals surface area (Å²) in [7, 11) is 1.25. The van der Waals surface area contributed by atoms with Crippen LogP contribution in [-0.4, -0.2) is 42.2 Å². The third-order valence-corrected chi connectivity index (χ3v) is 6.71. The smallest absolute Gasteiger partial charge is 0.420 e. The predicted octanol–water partition coefficient (Wildman–Crippen LogP) is 6.67. The van der Waals surface area contributed by atoms with Crippen molar-refractivity contribution in [1.82, 2.24) is 4.98 Å². The number of hydrogen-bond acceptors (Lipinski definition) is 5. The molecule has 5 nitrogen and oxygen atoms in total. The minimum atomic E-state index is -4.71. The van der Waals surface area contributed by atoms with Gasteiger partial charge in [-0.1, -0.05) is 36.4 Å². The lowest BCUT2D eigenvalue weighted by Gasteiger charge is -2.27. The summed E-state index contributed by atoms with van der Waals surface area (Å²) in [6.07, 6.45) is -9.00. The summed E-state index contributed by atoms with van der Waals surface area (Å²) in [5.41, 5.74) is 3.56. The van der Waals surface area contributed by atoms with Gasteiger partial charge in [-0.2, -0.15) is 26.3 Å². The molecule has 2 heterocycles. The molecule has 4 aromatic rings. The zero-order valence-corrected chi connectivity index (χ0v) is 21.6. The second-order valence-electron chi connectivity index (χ2n) is 9.25. The maximum absolute atomic E-state index is 14.9. The molecule has 0 aliphatic carbocycles. The topological polar surface area (TPSA) is 80.9 Å². The van der Waals surface area contributed by atoms with Crippen LogP contribution >= 0.6 is 0 Å². The number of fused-ring (bicyclic) bond motifs is 1. The van der Waals surface area contributed by atoms with Crippen molar-refractivity contribution in [3.8, 4) is 5.75 Å². The molecule has 5 rings (SSSR count). The van der Waals surface area contributed by atoms with Gasteiger partial charge in [0.15, 0.2) is 17.2 Å². The Kier molecular flexibility index (Phi) is 8.46. The summed E-state index contributed by atoms with van der Waals surface area (Å²) in [6.45, 7) is -0.846. The van der Waals surface area contributed by atoms with E-state index < -0.39 is 41.9 Å². The number of halogens is 7. The highest BCUT2D eigenvalue weighted by atomic mass is 19.4. The summed E-state index contributed by atoms with van der Waals surface area (Å²) < 4.78 is 103. The van der Waals surface area contributed by atoms with E-state index in [-0.39, 0.29) is 35.6 Å². The van der Waals surface area contributed by atoms with Gasteiger partial charge in [0.1, 0.15) is 0 Å². The number of methoxy groups -OCH3 is 1. The van der Waals surface area contributed by atoms with Gasteiger partial charge in [-0.3, -0.25) is 4.98 Å². The first kappa shape index (κ1) is 30.1. The molecular weight excluding hydrogens is 557 g/mol. The van der Waals surface area contributed by atoms with Gasteiger partial charge in [0.25, 0.3) is 0 Å². The van der Waals surface area contributed by atoms with E-state index in [1.54, 1.807) is 24.3 Å². The minimum absolute atomic E-state index is 0.0374. The lowest BCUT2D eigenvalue weighted by Crippen LogP contribution is -2.40. The van der Waals surface area contributed by atoms with Gasteiger partial charge in [0.05, 0.1) is 36.4 Å². The molecule has 0 amide bonds. The first-order chi connectivity index (χ1) is 19.3. The van der Waals surface area contributed by atoms with Gasteiger partial charge in [-0.15, -0.1) is 0 Å². The van der Waals surface area contributed by atoms with Crippen molar-refractivity contribution in [3.63, 3.8) is 0 Å². The summed E-state index contributed by atoms with van der Waals surface area (Å²) in [5, 5.41) is 9.15. The molecule has 41 heavy (non-hydrogen) atoms. The van der Waals surface area contributed by atoms with Crippen molar-refractivity contribution in [2.75, 3.05) is 26.1 Å². The number of pyridine rings is 1. The van der Waals surface area contributed by atoms with Crippen molar-refractivity contribution < 1.29 is 45.3 Å². The molecule has 3 aromatic carbocycles. The molecule has 1 aromatic heterocycles. The molecule has 0 bridgehead atoms. The van der Waals surface area contributed by atoms with Crippen LogP contribution in [0.5, 0.6) is 5.75 Å². The number of aliphatic hydroxyl groups is 1. The molecule has 0 spiro atoms. The van der Waals surface area contributed by atoms with Crippen LogP contribution in [0.15, 0.2) is 72.8 Å². The monoisotopic (exact) mass is 582 g/mol. The van der Waals surface area contributed by atoms with Gasteiger partial charge >= 0.3 is 12.4 Å². The van der Waals surface area contributed by atoms with Gasteiger partial charge < -0.3 is 20.3 Å². The minimum Gasteiger partial charge on any atom is -0.494 e. The summed E-state index contributed by atoms with van der Waals surface area (Å²) in [5.74, 6) is -2.51. The van der Waals surface area contributed by atoms with Crippen LogP contribution in [0.3, 0.4) is 0 Å². The zero-order valence-electron chi connectivity index (χ0n) is 21.6. The lowest BCUT2D eigenvalue weighted by atomic mass is 9.82. The number of aliphatic hydroxyl groups excluding tert-OH is 1. The van der Waals surface area contributed by atoms with E-state index in [0.29, 0.717) is 16.6 Å². The van der Waals surface area contributed by atoms with Crippen molar-refractivity contribution in [1.29, 1.82) is 0 Å². The summed E-state index contributed by atoms with van der Waals surface area (Å²) in [6, 6.07) is 17.3. The number of alkyl halides is 6. The third kappa shape index (κ3) is 6.08. The fourth-order valence-corrected chi connectivity index (χ4v) is 4.62. The van der Waals surface area contributed by atoms with Crippen molar-refractivity contribution in [3.05, 3.63) is 101 Å². The maximum Gasteiger partial charge on any atom is 0.420 e.